The molecule has 0 unspecified atom stereocenters. The highest BCUT2D eigenvalue weighted by atomic mass is 32.1. The molecule has 1 heterocycles. The fourth-order valence-corrected chi connectivity index (χ4v) is 2.89. The van der Waals surface area contributed by atoms with Crippen LogP contribution < -0.4 is 5.73 Å². The average molecular weight is 304 g/mol. The molecule has 2 N–H and O–H groups in total. The molecule has 108 valence electrons. The fraction of sp³-hybridized carbons (Fsp3) is 0.188. The first-order valence-corrected chi connectivity index (χ1v) is 7.07. The van der Waals surface area contributed by atoms with Crippen LogP contribution in [0.3, 0.4) is 0 Å². The lowest BCUT2D eigenvalue weighted by molar-refractivity contribution is 0.398. The van der Waals surface area contributed by atoms with Crippen LogP contribution in [-0.4, -0.2) is 16.4 Å². The maximum absolute atomic E-state index is 14.0. The lowest BCUT2D eigenvalue weighted by Crippen LogP contribution is -2.35. The smallest absolute Gasteiger partial charge is 0.135 e. The van der Waals surface area contributed by atoms with Crippen LogP contribution in [0.2, 0.25) is 0 Å². The minimum absolute atomic E-state index is 0.227. The van der Waals surface area contributed by atoms with Gasteiger partial charge in [-0.15, -0.1) is 0 Å². The first-order chi connectivity index (χ1) is 10.0. The van der Waals surface area contributed by atoms with Crippen molar-refractivity contribution in [3.63, 3.8) is 0 Å². The molecule has 0 bridgehead atoms. The summed E-state index contributed by atoms with van der Waals surface area (Å²) in [5, 5.41) is 0. The van der Waals surface area contributed by atoms with Gasteiger partial charge in [0.1, 0.15) is 16.6 Å². The van der Waals surface area contributed by atoms with Gasteiger partial charge in [-0.25, -0.2) is 8.78 Å². The van der Waals surface area contributed by atoms with Gasteiger partial charge in [0.2, 0.25) is 0 Å². The molecule has 0 radical (unpaired) electrons. The maximum atomic E-state index is 14.0. The van der Waals surface area contributed by atoms with Gasteiger partial charge in [0.15, 0.2) is 0 Å². The third-order valence-electron chi connectivity index (χ3n) is 3.69. The van der Waals surface area contributed by atoms with Crippen LogP contribution in [0.1, 0.15) is 16.7 Å². The third-order valence-corrected chi connectivity index (χ3v) is 4.17. The first kappa shape index (κ1) is 13.9. The molecular formula is C16H14F2N2S. The van der Waals surface area contributed by atoms with Crippen molar-refractivity contribution in [2.24, 2.45) is 0 Å². The van der Waals surface area contributed by atoms with Crippen LogP contribution in [0.15, 0.2) is 36.4 Å². The summed E-state index contributed by atoms with van der Waals surface area (Å²) in [6.45, 7) is 1.22. The Morgan fingerprint density at radius 2 is 1.90 bits per heavy atom. The van der Waals surface area contributed by atoms with Crippen LogP contribution in [0, 0.1) is 11.6 Å². The van der Waals surface area contributed by atoms with Gasteiger partial charge < -0.3 is 10.6 Å². The number of halogens is 2. The van der Waals surface area contributed by atoms with E-state index in [0.29, 0.717) is 35.7 Å². The topological polar surface area (TPSA) is 29.3 Å². The van der Waals surface area contributed by atoms with E-state index in [0.717, 1.165) is 11.1 Å². The van der Waals surface area contributed by atoms with Gasteiger partial charge in [-0.2, -0.15) is 0 Å². The maximum Gasteiger partial charge on any atom is 0.135 e. The highest BCUT2D eigenvalue weighted by Gasteiger charge is 2.21. The number of fused-ring (bicyclic) bond motifs is 1. The molecule has 2 aromatic carbocycles. The first-order valence-electron chi connectivity index (χ1n) is 6.66. The predicted octanol–water partition coefficient (Wildman–Crippen LogP) is 3.28. The van der Waals surface area contributed by atoms with Crippen LogP contribution >= 0.6 is 12.2 Å². The minimum atomic E-state index is -0.412. The van der Waals surface area contributed by atoms with Crippen molar-refractivity contribution in [1.82, 2.24) is 4.90 Å². The lowest BCUT2D eigenvalue weighted by Gasteiger charge is -2.31. The Bertz CT molecular complexity index is 715. The Morgan fingerprint density at radius 3 is 2.67 bits per heavy atom. The number of nitrogen functional groups attached to an aromatic ring is 1. The van der Waals surface area contributed by atoms with Gasteiger partial charge in [0.25, 0.3) is 0 Å². The fourth-order valence-electron chi connectivity index (χ4n) is 2.57. The van der Waals surface area contributed by atoms with E-state index in [4.69, 9.17) is 18.0 Å². The second kappa shape index (κ2) is 5.41. The van der Waals surface area contributed by atoms with Gasteiger partial charge in [-0.1, -0.05) is 18.3 Å². The number of thiocarbonyl (C=S) groups is 1. The number of anilines is 1. The number of nitrogens with zero attached hydrogens (tertiary/aromatic N) is 1. The molecule has 1 aliphatic heterocycles. The van der Waals surface area contributed by atoms with Crippen LogP contribution in [-0.2, 0) is 13.0 Å². The zero-order valence-corrected chi connectivity index (χ0v) is 12.1. The molecule has 3 rings (SSSR count). The molecule has 1 aliphatic rings. The minimum Gasteiger partial charge on any atom is -0.399 e. The molecule has 0 fully saturated rings. The molecule has 0 amide bonds. The molecule has 2 aromatic rings. The molecule has 0 spiro atoms. The number of benzene rings is 2. The van der Waals surface area contributed by atoms with Crippen molar-refractivity contribution in [1.29, 1.82) is 0 Å². The molecule has 0 atom stereocenters. The largest absolute Gasteiger partial charge is 0.399 e. The summed E-state index contributed by atoms with van der Waals surface area (Å²) in [7, 11) is 0. The van der Waals surface area contributed by atoms with Crippen molar-refractivity contribution in [3.05, 3.63) is 64.7 Å². The van der Waals surface area contributed by atoms with E-state index >= 15 is 0 Å². The summed E-state index contributed by atoms with van der Waals surface area (Å²) < 4.78 is 27.2. The van der Waals surface area contributed by atoms with E-state index in [-0.39, 0.29) is 5.82 Å². The van der Waals surface area contributed by atoms with Crippen LogP contribution in [0.5, 0.6) is 0 Å². The molecule has 0 saturated heterocycles. The van der Waals surface area contributed by atoms with E-state index < -0.39 is 5.82 Å². The number of hydrogen-bond donors (Lipinski definition) is 1. The quantitative estimate of drug-likeness (QED) is 0.647. The van der Waals surface area contributed by atoms with E-state index in [1.165, 1.54) is 12.1 Å². The Labute approximate surface area is 127 Å². The summed E-state index contributed by atoms with van der Waals surface area (Å²) >= 11 is 5.40. The summed E-state index contributed by atoms with van der Waals surface area (Å²) in [5.41, 5.74) is 8.33. The van der Waals surface area contributed by atoms with Crippen molar-refractivity contribution >= 4 is 22.9 Å². The van der Waals surface area contributed by atoms with Crippen molar-refractivity contribution < 1.29 is 8.78 Å². The van der Waals surface area contributed by atoms with Crippen molar-refractivity contribution in [3.8, 4) is 0 Å². The van der Waals surface area contributed by atoms with Crippen LogP contribution in [0.4, 0.5) is 14.5 Å². The summed E-state index contributed by atoms with van der Waals surface area (Å²) in [5.74, 6) is -0.640. The lowest BCUT2D eigenvalue weighted by atomic mass is 9.99. The Kier molecular flexibility index (Phi) is 3.59. The highest BCUT2D eigenvalue weighted by molar-refractivity contribution is 7.80. The van der Waals surface area contributed by atoms with Gasteiger partial charge in [0.05, 0.1) is 0 Å². The molecular weight excluding hydrogens is 290 g/mol. The summed E-state index contributed by atoms with van der Waals surface area (Å²) in [4.78, 5) is 2.40. The number of rotatable bonds is 1. The molecule has 5 heteroatoms. The standard InChI is InChI=1S/C16H14F2N2S/c17-12-2-1-11-9-20(6-5-10(11)7-12)16(21)14-4-3-13(19)8-15(14)18/h1-4,7-8H,5-6,9,19H2. The molecule has 2 nitrogen and oxygen atoms in total. The predicted molar refractivity (Wildman–Crippen MR) is 83.0 cm³/mol. The molecule has 0 aromatic heterocycles. The third kappa shape index (κ3) is 2.74. The zero-order valence-electron chi connectivity index (χ0n) is 11.3. The van der Waals surface area contributed by atoms with E-state index in [9.17, 15) is 8.78 Å². The summed E-state index contributed by atoms with van der Waals surface area (Å²) in [6, 6.07) is 9.27. The van der Waals surface area contributed by atoms with Crippen molar-refractivity contribution in [2.45, 2.75) is 13.0 Å². The molecule has 0 saturated carbocycles. The SMILES string of the molecule is Nc1ccc(C(=S)N2CCc3cc(F)ccc3C2)c(F)c1. The average Bonchev–Trinajstić information content (AvgIpc) is 2.46. The second-order valence-corrected chi connectivity index (χ2v) is 5.52. The van der Waals surface area contributed by atoms with Gasteiger partial charge in [-0.05, 0) is 47.9 Å². The van der Waals surface area contributed by atoms with Crippen LogP contribution in [0.25, 0.3) is 0 Å². The Hall–Kier alpha value is -2.01. The highest BCUT2D eigenvalue weighted by Crippen LogP contribution is 2.23. The van der Waals surface area contributed by atoms with Gasteiger partial charge in [0, 0.05) is 24.3 Å². The number of nitrogens with two attached hydrogens (primary N) is 1. The Balaban J connectivity index is 1.85. The van der Waals surface area contributed by atoms with Gasteiger partial charge >= 0.3 is 0 Å². The normalized spacial score (nSPS) is 13.9. The van der Waals surface area contributed by atoms with Gasteiger partial charge in [-0.3, -0.25) is 0 Å². The van der Waals surface area contributed by atoms with E-state index in [1.807, 2.05) is 4.90 Å². The van der Waals surface area contributed by atoms with E-state index in [1.54, 1.807) is 24.3 Å². The number of hydrogen-bond acceptors (Lipinski definition) is 2. The van der Waals surface area contributed by atoms with E-state index in [2.05, 4.69) is 0 Å². The molecule has 0 aliphatic carbocycles. The monoisotopic (exact) mass is 304 g/mol. The van der Waals surface area contributed by atoms with Crippen molar-refractivity contribution in [2.75, 3.05) is 12.3 Å². The zero-order chi connectivity index (χ0) is 15.0. The molecule has 21 heavy (non-hydrogen) atoms. The second-order valence-electron chi connectivity index (χ2n) is 5.13. The summed E-state index contributed by atoms with van der Waals surface area (Å²) in [6.07, 6.45) is 0.698. The Morgan fingerprint density at radius 1 is 1.10 bits per heavy atom.